The number of hydrogen-bond donors (Lipinski definition) is 0. The first-order valence-corrected chi connectivity index (χ1v) is 13.6. The summed E-state index contributed by atoms with van der Waals surface area (Å²) in [7, 11) is 3.34. The molecular formula is C28H32N4O3S2. The fraction of sp³-hybridized carbons (Fsp3) is 0.429. The average molecular weight is 537 g/mol. The Morgan fingerprint density at radius 1 is 1.19 bits per heavy atom. The number of carbonyl (C=O) groups is 1. The van der Waals surface area contributed by atoms with Crippen molar-refractivity contribution in [2.45, 2.75) is 33.6 Å². The molecular weight excluding hydrogens is 504 g/mol. The molecule has 1 amide bonds. The van der Waals surface area contributed by atoms with Crippen LogP contribution in [0.2, 0.25) is 0 Å². The van der Waals surface area contributed by atoms with E-state index in [4.69, 9.17) is 17.0 Å². The number of hydrogen-bond acceptors (Lipinski definition) is 7. The van der Waals surface area contributed by atoms with Gasteiger partial charge in [0.2, 0.25) is 0 Å². The van der Waals surface area contributed by atoms with Crippen LogP contribution in [0.15, 0.2) is 34.0 Å². The number of carbonyl (C=O) groups excluding carboxylic acids is 1. The second kappa shape index (κ2) is 11.1. The number of aromatic nitrogens is 1. The monoisotopic (exact) mass is 536 g/mol. The lowest BCUT2D eigenvalue weighted by Crippen LogP contribution is -2.42. The molecule has 4 rings (SSSR count). The molecule has 2 fully saturated rings. The van der Waals surface area contributed by atoms with Crippen molar-refractivity contribution in [1.82, 2.24) is 9.47 Å². The standard InChI is InChI=1S/C28H32N4O3S2/c1-17-12-18(2)16-31(15-17)25-22(19(3)23(14-29)26(33)30(25)4)13-24-27(34)32(28(36)37-24)11-10-20-6-8-21(35-5)9-7-20/h6-9,13,17-18H,10-12,15-16H2,1-5H3/b24-13-. The molecule has 2 aliphatic rings. The molecule has 0 radical (unpaired) electrons. The van der Waals surface area contributed by atoms with Crippen LogP contribution >= 0.6 is 24.0 Å². The van der Waals surface area contributed by atoms with E-state index in [9.17, 15) is 14.9 Å². The zero-order chi connectivity index (χ0) is 26.9. The maximum atomic E-state index is 13.4. The molecule has 2 atom stereocenters. The molecule has 2 aromatic rings. The van der Waals surface area contributed by atoms with E-state index in [0.717, 1.165) is 42.2 Å². The highest BCUT2D eigenvalue weighted by atomic mass is 32.2. The van der Waals surface area contributed by atoms with Gasteiger partial charge in [0.05, 0.1) is 12.0 Å². The number of rotatable bonds is 6. The van der Waals surface area contributed by atoms with Crippen molar-refractivity contribution < 1.29 is 9.53 Å². The smallest absolute Gasteiger partial charge is 0.270 e. The van der Waals surface area contributed by atoms with E-state index in [1.54, 1.807) is 30.5 Å². The van der Waals surface area contributed by atoms with Crippen molar-refractivity contribution in [2.24, 2.45) is 18.9 Å². The molecule has 0 aliphatic carbocycles. The Hall–Kier alpha value is -3.09. The van der Waals surface area contributed by atoms with E-state index in [1.165, 1.54) is 11.8 Å². The zero-order valence-corrected chi connectivity index (χ0v) is 23.5. The van der Waals surface area contributed by atoms with Gasteiger partial charge in [0.1, 0.15) is 27.5 Å². The number of amides is 1. The first kappa shape index (κ1) is 27.0. The van der Waals surface area contributed by atoms with Gasteiger partial charge in [-0.3, -0.25) is 19.1 Å². The van der Waals surface area contributed by atoms with Gasteiger partial charge in [-0.15, -0.1) is 0 Å². The predicted molar refractivity (Wildman–Crippen MR) is 153 cm³/mol. The number of thioether (sulfide) groups is 1. The molecule has 7 nitrogen and oxygen atoms in total. The summed E-state index contributed by atoms with van der Waals surface area (Å²) in [5.41, 5.74) is 2.20. The van der Waals surface area contributed by atoms with Crippen LogP contribution < -0.4 is 15.2 Å². The Balaban J connectivity index is 1.68. The predicted octanol–water partition coefficient (Wildman–Crippen LogP) is 4.50. The minimum Gasteiger partial charge on any atom is -0.497 e. The Kier molecular flexibility index (Phi) is 8.10. The summed E-state index contributed by atoms with van der Waals surface area (Å²) in [5.74, 6) is 2.33. The van der Waals surface area contributed by atoms with E-state index in [1.807, 2.05) is 30.3 Å². The molecule has 0 spiro atoms. The normalized spacial score (nSPS) is 21.0. The molecule has 3 heterocycles. The second-order valence-electron chi connectivity index (χ2n) is 10.00. The number of thiocarbonyl (C=S) groups is 1. The lowest BCUT2D eigenvalue weighted by Gasteiger charge is -2.38. The summed E-state index contributed by atoms with van der Waals surface area (Å²) in [4.78, 5) is 30.8. The maximum Gasteiger partial charge on any atom is 0.270 e. The van der Waals surface area contributed by atoms with E-state index >= 15 is 0 Å². The maximum absolute atomic E-state index is 13.4. The Morgan fingerprint density at radius 3 is 2.43 bits per heavy atom. The second-order valence-corrected chi connectivity index (χ2v) is 11.7. The van der Waals surface area contributed by atoms with Gasteiger partial charge in [-0.2, -0.15) is 5.26 Å². The van der Waals surface area contributed by atoms with Crippen molar-refractivity contribution in [3.8, 4) is 11.8 Å². The zero-order valence-electron chi connectivity index (χ0n) is 21.9. The summed E-state index contributed by atoms with van der Waals surface area (Å²) in [6.45, 7) is 8.31. The van der Waals surface area contributed by atoms with Crippen molar-refractivity contribution >= 4 is 46.1 Å². The first-order chi connectivity index (χ1) is 17.6. The quantitative estimate of drug-likeness (QED) is 0.397. The van der Waals surface area contributed by atoms with Crippen LogP contribution in [-0.2, 0) is 18.3 Å². The third-order valence-electron chi connectivity index (χ3n) is 7.07. The van der Waals surface area contributed by atoms with E-state index in [0.29, 0.717) is 39.6 Å². The first-order valence-electron chi connectivity index (χ1n) is 12.4. The number of anilines is 1. The van der Waals surface area contributed by atoms with Gasteiger partial charge in [0, 0.05) is 32.2 Å². The highest BCUT2D eigenvalue weighted by Gasteiger charge is 2.33. The van der Waals surface area contributed by atoms with Gasteiger partial charge in [-0.1, -0.05) is 50.0 Å². The number of pyridine rings is 1. The molecule has 1 aromatic heterocycles. The van der Waals surface area contributed by atoms with E-state index < -0.39 is 0 Å². The number of nitriles is 1. The number of methoxy groups -OCH3 is 1. The van der Waals surface area contributed by atoms with Gasteiger partial charge in [-0.25, -0.2) is 0 Å². The summed E-state index contributed by atoms with van der Waals surface area (Å²) in [5, 5.41) is 9.73. The van der Waals surface area contributed by atoms with Crippen LogP contribution in [0, 0.1) is 30.1 Å². The number of ether oxygens (including phenoxy) is 1. The molecule has 2 unspecified atom stereocenters. The van der Waals surface area contributed by atoms with Crippen LogP contribution in [0.3, 0.4) is 0 Å². The fourth-order valence-corrected chi connectivity index (χ4v) is 6.58. The minimum absolute atomic E-state index is 0.102. The molecule has 0 N–H and O–H groups in total. The fourth-order valence-electron chi connectivity index (χ4n) is 5.29. The summed E-state index contributed by atoms with van der Waals surface area (Å²) in [6, 6.07) is 9.84. The van der Waals surface area contributed by atoms with E-state index in [2.05, 4.69) is 24.8 Å². The van der Waals surface area contributed by atoms with Gasteiger partial charge in [0.25, 0.3) is 11.5 Å². The van der Waals surface area contributed by atoms with Crippen LogP contribution in [-0.4, -0.2) is 46.4 Å². The van der Waals surface area contributed by atoms with Gasteiger partial charge >= 0.3 is 0 Å². The minimum atomic E-state index is -0.315. The number of benzene rings is 1. The van der Waals surface area contributed by atoms with Crippen LogP contribution in [0.5, 0.6) is 5.75 Å². The Morgan fingerprint density at radius 2 is 1.84 bits per heavy atom. The summed E-state index contributed by atoms with van der Waals surface area (Å²) < 4.78 is 7.29. The SMILES string of the molecule is COc1ccc(CCN2C(=O)/C(=C/c3c(C)c(C#N)c(=O)n(C)c3N3CC(C)CC(C)C3)SC2=S)cc1. The molecule has 194 valence electrons. The topological polar surface area (TPSA) is 78.6 Å². The molecule has 37 heavy (non-hydrogen) atoms. The lowest BCUT2D eigenvalue weighted by atomic mass is 9.91. The van der Waals surface area contributed by atoms with Crippen LogP contribution in [0.4, 0.5) is 5.82 Å². The molecule has 0 bridgehead atoms. The van der Waals surface area contributed by atoms with Gasteiger partial charge in [-0.05, 0) is 60.9 Å². The lowest BCUT2D eigenvalue weighted by molar-refractivity contribution is -0.122. The highest BCUT2D eigenvalue weighted by Crippen LogP contribution is 2.37. The Bertz CT molecular complexity index is 1350. The van der Waals surface area contributed by atoms with E-state index in [-0.39, 0.29) is 17.0 Å². The average Bonchev–Trinajstić information content (AvgIpc) is 3.13. The Labute approximate surface area is 227 Å². The largest absolute Gasteiger partial charge is 0.497 e. The van der Waals surface area contributed by atoms with Crippen molar-refractivity contribution in [3.63, 3.8) is 0 Å². The number of nitrogens with zero attached hydrogens (tertiary/aromatic N) is 4. The van der Waals surface area contributed by atoms with Crippen molar-refractivity contribution in [3.05, 3.63) is 61.8 Å². The summed E-state index contributed by atoms with van der Waals surface area (Å²) >= 11 is 6.84. The molecule has 0 saturated carbocycles. The van der Waals surface area contributed by atoms with Crippen molar-refractivity contribution in [1.29, 1.82) is 5.26 Å². The third-order valence-corrected chi connectivity index (χ3v) is 8.45. The molecule has 2 aliphatic heterocycles. The van der Waals surface area contributed by atoms with Crippen molar-refractivity contribution in [2.75, 3.05) is 31.6 Å². The molecule has 9 heteroatoms. The highest BCUT2D eigenvalue weighted by molar-refractivity contribution is 8.26. The molecule has 2 saturated heterocycles. The van der Waals surface area contributed by atoms with Crippen LogP contribution in [0.25, 0.3) is 6.08 Å². The number of piperidine rings is 1. The summed E-state index contributed by atoms with van der Waals surface area (Å²) in [6.07, 6.45) is 3.61. The van der Waals surface area contributed by atoms with Gasteiger partial charge < -0.3 is 9.64 Å². The molecule has 1 aromatic carbocycles. The van der Waals surface area contributed by atoms with Crippen LogP contribution in [0.1, 0.15) is 42.5 Å². The third kappa shape index (κ3) is 5.46. The van der Waals surface area contributed by atoms with Gasteiger partial charge in [0.15, 0.2) is 0 Å².